The lowest BCUT2D eigenvalue weighted by atomic mass is 9.96. The first-order chi connectivity index (χ1) is 7.97. The zero-order valence-corrected chi connectivity index (χ0v) is 10.6. The Balaban J connectivity index is 3.23. The van der Waals surface area contributed by atoms with E-state index in [2.05, 4.69) is 5.32 Å². The van der Waals surface area contributed by atoms with E-state index < -0.39 is 0 Å². The van der Waals surface area contributed by atoms with Crippen molar-refractivity contribution in [2.24, 2.45) is 0 Å². The van der Waals surface area contributed by atoms with Gasteiger partial charge in [0.2, 0.25) is 0 Å². The van der Waals surface area contributed by atoms with E-state index in [1.165, 1.54) is 13.1 Å². The number of carbonyl (C=O) groups is 2. The monoisotopic (exact) mass is 231 g/mol. The Kier molecular flexibility index (Phi) is 4.21. The van der Waals surface area contributed by atoms with Crippen LogP contribution in [0.1, 0.15) is 28.4 Å². The van der Waals surface area contributed by atoms with Crippen LogP contribution in [0.2, 0.25) is 0 Å². The molecule has 0 saturated heterocycles. The number of hydrogen-bond donors (Lipinski definition) is 1. The van der Waals surface area contributed by atoms with Crippen molar-refractivity contribution in [2.75, 3.05) is 7.05 Å². The molecule has 0 radical (unpaired) electrons. The van der Waals surface area contributed by atoms with Crippen LogP contribution in [0.25, 0.3) is 0 Å². The second-order valence-electron chi connectivity index (χ2n) is 4.05. The first-order valence-electron chi connectivity index (χ1n) is 5.47. The Morgan fingerprint density at radius 3 is 2.41 bits per heavy atom. The third kappa shape index (κ3) is 3.03. The van der Waals surface area contributed by atoms with Gasteiger partial charge >= 0.3 is 0 Å². The van der Waals surface area contributed by atoms with E-state index in [1.807, 2.05) is 32.0 Å². The smallest absolute Gasteiger partial charge is 0.198 e. The number of carbonyl (C=O) groups excluding carboxylic acids is 2. The van der Waals surface area contributed by atoms with E-state index in [0.29, 0.717) is 5.56 Å². The summed E-state index contributed by atoms with van der Waals surface area (Å²) in [5.74, 6) is -0.460. The number of hydrogen-bond acceptors (Lipinski definition) is 3. The maximum atomic E-state index is 12.2. The summed E-state index contributed by atoms with van der Waals surface area (Å²) in [6.45, 7) is 5.18. The summed E-state index contributed by atoms with van der Waals surface area (Å²) in [7, 11) is 1.67. The van der Waals surface area contributed by atoms with E-state index in [-0.39, 0.29) is 17.1 Å². The number of allylic oxidation sites excluding steroid dienone is 1. The highest BCUT2D eigenvalue weighted by atomic mass is 16.1. The summed E-state index contributed by atoms with van der Waals surface area (Å²) < 4.78 is 0. The van der Waals surface area contributed by atoms with E-state index in [4.69, 9.17) is 0 Å². The molecular weight excluding hydrogens is 214 g/mol. The van der Waals surface area contributed by atoms with Gasteiger partial charge in [0.1, 0.15) is 0 Å². The average Bonchev–Trinajstić information content (AvgIpc) is 2.28. The first kappa shape index (κ1) is 13.2. The van der Waals surface area contributed by atoms with Crippen molar-refractivity contribution in [3.63, 3.8) is 0 Å². The fourth-order valence-electron chi connectivity index (χ4n) is 1.60. The molecule has 0 aliphatic carbocycles. The third-order valence-corrected chi connectivity index (χ3v) is 2.55. The Hall–Kier alpha value is -1.90. The highest BCUT2D eigenvalue weighted by Gasteiger charge is 2.18. The van der Waals surface area contributed by atoms with Gasteiger partial charge in [-0.25, -0.2) is 0 Å². The maximum absolute atomic E-state index is 12.2. The van der Waals surface area contributed by atoms with Crippen molar-refractivity contribution in [1.82, 2.24) is 5.32 Å². The molecule has 0 amide bonds. The van der Waals surface area contributed by atoms with Crippen LogP contribution in [0.15, 0.2) is 30.0 Å². The normalized spacial score (nSPS) is 11.2. The summed E-state index contributed by atoms with van der Waals surface area (Å²) in [5.41, 5.74) is 2.65. The second-order valence-corrected chi connectivity index (χ2v) is 4.05. The summed E-state index contributed by atoms with van der Waals surface area (Å²) in [6.07, 6.45) is 1.45. The van der Waals surface area contributed by atoms with Crippen LogP contribution in [0.5, 0.6) is 0 Å². The molecule has 0 aliphatic rings. The molecule has 3 nitrogen and oxygen atoms in total. The summed E-state index contributed by atoms with van der Waals surface area (Å²) in [5, 5.41) is 2.73. The van der Waals surface area contributed by atoms with Crippen LogP contribution < -0.4 is 5.32 Å². The van der Waals surface area contributed by atoms with Crippen LogP contribution in [-0.2, 0) is 4.79 Å². The van der Waals surface area contributed by atoms with Gasteiger partial charge in [0.25, 0.3) is 0 Å². The standard InChI is InChI=1S/C14H17NO2/c1-9-5-6-10(2)12(7-9)14(17)13(8-15-4)11(3)16/h5-8,15H,1-4H3/b13-8+. The minimum absolute atomic E-state index is 0.182. The van der Waals surface area contributed by atoms with Crippen molar-refractivity contribution in [3.8, 4) is 0 Å². The Labute approximate surface area is 102 Å². The Morgan fingerprint density at radius 1 is 1.24 bits per heavy atom. The average molecular weight is 231 g/mol. The fraction of sp³-hybridized carbons (Fsp3) is 0.286. The second kappa shape index (κ2) is 5.43. The Morgan fingerprint density at radius 2 is 1.88 bits per heavy atom. The first-order valence-corrected chi connectivity index (χ1v) is 5.47. The van der Waals surface area contributed by atoms with Crippen LogP contribution >= 0.6 is 0 Å². The summed E-state index contributed by atoms with van der Waals surface area (Å²) >= 11 is 0. The molecule has 0 bridgehead atoms. The molecule has 1 N–H and O–H groups in total. The lowest BCUT2D eigenvalue weighted by Crippen LogP contribution is -2.15. The molecule has 0 atom stereocenters. The largest absolute Gasteiger partial charge is 0.393 e. The minimum Gasteiger partial charge on any atom is -0.393 e. The van der Waals surface area contributed by atoms with Crippen molar-refractivity contribution < 1.29 is 9.59 Å². The van der Waals surface area contributed by atoms with Crippen molar-refractivity contribution in [3.05, 3.63) is 46.7 Å². The highest BCUT2D eigenvalue weighted by molar-refractivity contribution is 6.26. The number of ketones is 2. The molecule has 0 heterocycles. The molecule has 17 heavy (non-hydrogen) atoms. The van der Waals surface area contributed by atoms with E-state index >= 15 is 0 Å². The van der Waals surface area contributed by atoms with Gasteiger partial charge < -0.3 is 5.32 Å². The van der Waals surface area contributed by atoms with Crippen LogP contribution in [0, 0.1) is 13.8 Å². The Bertz CT molecular complexity index is 487. The molecule has 0 saturated carbocycles. The molecule has 3 heteroatoms. The van der Waals surface area contributed by atoms with E-state index in [1.54, 1.807) is 7.05 Å². The molecule has 0 spiro atoms. The molecule has 1 rings (SSSR count). The molecule has 90 valence electrons. The minimum atomic E-state index is -0.231. The number of benzene rings is 1. The quantitative estimate of drug-likeness (QED) is 0.374. The van der Waals surface area contributed by atoms with Gasteiger partial charge in [-0.2, -0.15) is 0 Å². The molecule has 0 aliphatic heterocycles. The topological polar surface area (TPSA) is 46.2 Å². The zero-order chi connectivity index (χ0) is 13.0. The molecular formula is C14H17NO2. The number of rotatable bonds is 4. The van der Waals surface area contributed by atoms with Gasteiger partial charge in [-0.05, 0) is 32.4 Å². The predicted molar refractivity (Wildman–Crippen MR) is 68.1 cm³/mol. The fourth-order valence-corrected chi connectivity index (χ4v) is 1.60. The van der Waals surface area contributed by atoms with Crippen LogP contribution in [0.4, 0.5) is 0 Å². The molecule has 1 aromatic rings. The third-order valence-electron chi connectivity index (χ3n) is 2.55. The number of aryl methyl sites for hydroxylation is 2. The van der Waals surface area contributed by atoms with Crippen molar-refractivity contribution in [2.45, 2.75) is 20.8 Å². The highest BCUT2D eigenvalue weighted by Crippen LogP contribution is 2.15. The number of Topliss-reactive ketones (excluding diaryl/α,β-unsaturated/α-hetero) is 2. The lowest BCUT2D eigenvalue weighted by Gasteiger charge is -2.07. The molecule has 1 aromatic carbocycles. The molecule has 0 fully saturated rings. The maximum Gasteiger partial charge on any atom is 0.198 e. The summed E-state index contributed by atoms with van der Waals surface area (Å²) in [6, 6.07) is 5.64. The van der Waals surface area contributed by atoms with Crippen LogP contribution in [-0.4, -0.2) is 18.6 Å². The zero-order valence-electron chi connectivity index (χ0n) is 10.6. The van der Waals surface area contributed by atoms with Gasteiger partial charge in [-0.15, -0.1) is 0 Å². The number of nitrogens with one attached hydrogen (secondary N) is 1. The van der Waals surface area contributed by atoms with Gasteiger partial charge in [-0.3, -0.25) is 9.59 Å². The van der Waals surface area contributed by atoms with Crippen molar-refractivity contribution >= 4 is 11.6 Å². The lowest BCUT2D eigenvalue weighted by molar-refractivity contribution is -0.113. The van der Waals surface area contributed by atoms with Gasteiger partial charge in [0.05, 0.1) is 5.57 Å². The van der Waals surface area contributed by atoms with Crippen LogP contribution in [0.3, 0.4) is 0 Å². The summed E-state index contributed by atoms with van der Waals surface area (Å²) in [4.78, 5) is 23.6. The van der Waals surface area contributed by atoms with Gasteiger partial charge in [-0.1, -0.05) is 17.7 Å². The van der Waals surface area contributed by atoms with E-state index in [0.717, 1.165) is 11.1 Å². The SMILES string of the molecule is CN/C=C(\C(C)=O)C(=O)c1cc(C)ccc1C. The van der Waals surface area contributed by atoms with E-state index in [9.17, 15) is 9.59 Å². The predicted octanol–water partition coefficient (Wildman–Crippen LogP) is 2.18. The van der Waals surface area contributed by atoms with Gasteiger partial charge in [0.15, 0.2) is 11.6 Å². The molecule has 0 aromatic heterocycles. The van der Waals surface area contributed by atoms with Gasteiger partial charge in [0, 0.05) is 18.8 Å². The molecule has 0 unspecified atom stereocenters. The van der Waals surface area contributed by atoms with Crippen molar-refractivity contribution in [1.29, 1.82) is 0 Å².